The molecule has 0 bridgehead atoms. The van der Waals surface area contributed by atoms with Crippen molar-refractivity contribution in [1.82, 2.24) is 10.1 Å². The van der Waals surface area contributed by atoms with Gasteiger partial charge in [-0.05, 0) is 25.0 Å². The fourth-order valence-corrected chi connectivity index (χ4v) is 2.11. The molecule has 0 aliphatic rings. The molecule has 1 aromatic carbocycles. The van der Waals surface area contributed by atoms with Crippen molar-refractivity contribution in [3.8, 4) is 0 Å². The van der Waals surface area contributed by atoms with Gasteiger partial charge < -0.3 is 20.5 Å². The summed E-state index contributed by atoms with van der Waals surface area (Å²) in [5, 5.41) is 6.24. The highest BCUT2D eigenvalue weighted by Gasteiger charge is 2.14. The van der Waals surface area contributed by atoms with E-state index in [-0.39, 0.29) is 30.8 Å². The Hall–Kier alpha value is -2.54. The Labute approximate surface area is 146 Å². The maximum Gasteiger partial charge on any atom is 0.245 e. The lowest BCUT2D eigenvalue weighted by Crippen LogP contribution is -2.35. The molecule has 0 fully saturated rings. The van der Waals surface area contributed by atoms with Crippen LogP contribution in [0.2, 0.25) is 0 Å². The molecule has 0 spiro atoms. The number of nitrogens with two attached hydrogens (primary N) is 1. The van der Waals surface area contributed by atoms with Gasteiger partial charge in [-0.15, -0.1) is 12.4 Å². The van der Waals surface area contributed by atoms with Crippen LogP contribution in [0, 0.1) is 6.92 Å². The minimum absolute atomic E-state index is 0. The molecule has 130 valence electrons. The largest absolute Gasteiger partial charge is 0.399 e. The molecular formula is C16H21ClN4O3. The summed E-state index contributed by atoms with van der Waals surface area (Å²) in [7, 11) is 1.59. The summed E-state index contributed by atoms with van der Waals surface area (Å²) in [4.78, 5) is 25.3. The molecule has 2 amide bonds. The third kappa shape index (κ3) is 5.58. The van der Waals surface area contributed by atoms with Crippen molar-refractivity contribution in [2.24, 2.45) is 0 Å². The van der Waals surface area contributed by atoms with E-state index in [1.54, 1.807) is 26.1 Å². The van der Waals surface area contributed by atoms with Gasteiger partial charge >= 0.3 is 0 Å². The third-order valence-corrected chi connectivity index (χ3v) is 3.37. The van der Waals surface area contributed by atoms with Gasteiger partial charge in [-0.2, -0.15) is 0 Å². The van der Waals surface area contributed by atoms with Crippen molar-refractivity contribution in [3.63, 3.8) is 0 Å². The van der Waals surface area contributed by atoms with E-state index in [1.165, 1.54) is 4.90 Å². The van der Waals surface area contributed by atoms with Crippen LogP contribution in [0.15, 0.2) is 34.9 Å². The Balaban J connectivity index is 0.00000288. The fourth-order valence-electron chi connectivity index (χ4n) is 2.11. The average Bonchev–Trinajstić information content (AvgIpc) is 2.90. The van der Waals surface area contributed by atoms with Crippen molar-refractivity contribution in [2.75, 3.05) is 24.6 Å². The van der Waals surface area contributed by atoms with E-state index in [2.05, 4.69) is 10.5 Å². The van der Waals surface area contributed by atoms with Crippen molar-refractivity contribution in [2.45, 2.75) is 19.8 Å². The molecular weight excluding hydrogens is 332 g/mol. The molecule has 2 aromatic rings. The predicted octanol–water partition coefficient (Wildman–Crippen LogP) is 2.02. The number of benzene rings is 1. The van der Waals surface area contributed by atoms with Crippen molar-refractivity contribution in [1.29, 1.82) is 0 Å². The Morgan fingerprint density at radius 1 is 1.33 bits per heavy atom. The van der Waals surface area contributed by atoms with Crippen molar-refractivity contribution < 1.29 is 14.1 Å². The number of nitrogen functional groups attached to an aromatic ring is 1. The lowest BCUT2D eigenvalue weighted by molar-refractivity contribution is -0.133. The zero-order valence-electron chi connectivity index (χ0n) is 13.6. The van der Waals surface area contributed by atoms with Gasteiger partial charge in [0.25, 0.3) is 0 Å². The van der Waals surface area contributed by atoms with Crippen LogP contribution in [0.1, 0.15) is 17.7 Å². The van der Waals surface area contributed by atoms with Crippen molar-refractivity contribution in [3.05, 3.63) is 41.7 Å². The van der Waals surface area contributed by atoms with Crippen LogP contribution in [0.25, 0.3) is 0 Å². The number of likely N-dealkylation sites (N-methyl/N-ethyl adjacent to an activating group) is 1. The summed E-state index contributed by atoms with van der Waals surface area (Å²) < 4.78 is 4.86. The van der Waals surface area contributed by atoms with Crippen LogP contribution in [0.3, 0.4) is 0 Å². The first kappa shape index (κ1) is 19.5. The average molecular weight is 353 g/mol. The molecule has 0 aliphatic heterocycles. The topological polar surface area (TPSA) is 101 Å². The lowest BCUT2D eigenvalue weighted by Gasteiger charge is -2.16. The van der Waals surface area contributed by atoms with E-state index >= 15 is 0 Å². The summed E-state index contributed by atoms with van der Waals surface area (Å²) in [5.74, 6) is 0.490. The predicted molar refractivity (Wildman–Crippen MR) is 93.9 cm³/mol. The highest BCUT2D eigenvalue weighted by molar-refractivity contribution is 5.93. The quantitative estimate of drug-likeness (QED) is 0.774. The number of halogens is 1. The summed E-state index contributed by atoms with van der Waals surface area (Å²) in [6, 6.07) is 9.03. The van der Waals surface area contributed by atoms with E-state index in [0.717, 1.165) is 5.56 Å². The maximum absolute atomic E-state index is 12.1. The second-order valence-corrected chi connectivity index (χ2v) is 5.32. The standard InChI is InChI=1S/C16H20N4O3.ClH/c1-11-9-14(19-23-11)18-15(21)10-20(2)16(22)8-7-12-5-3-4-6-13(12)17;/h3-6,9H,7-8,10,17H2,1-2H3,(H,18,19,21);1H. The first-order chi connectivity index (χ1) is 11.0. The second-order valence-electron chi connectivity index (χ2n) is 5.32. The SMILES string of the molecule is Cc1cc(NC(=O)CN(C)C(=O)CCc2ccccc2N)no1.Cl. The van der Waals surface area contributed by atoms with Crippen LogP contribution in [0.5, 0.6) is 0 Å². The second kappa shape index (κ2) is 8.93. The zero-order valence-corrected chi connectivity index (χ0v) is 14.4. The highest BCUT2D eigenvalue weighted by Crippen LogP contribution is 2.13. The number of carbonyl (C=O) groups excluding carboxylic acids is 2. The number of rotatable bonds is 6. The third-order valence-electron chi connectivity index (χ3n) is 3.37. The van der Waals surface area contributed by atoms with Crippen LogP contribution in [-0.2, 0) is 16.0 Å². The number of carbonyl (C=O) groups is 2. The molecule has 0 atom stereocenters. The molecule has 2 rings (SSSR count). The molecule has 24 heavy (non-hydrogen) atoms. The van der Waals surface area contributed by atoms with Gasteiger partial charge in [-0.1, -0.05) is 23.4 Å². The molecule has 0 saturated heterocycles. The number of hydrogen-bond donors (Lipinski definition) is 2. The number of anilines is 2. The van der Waals surface area contributed by atoms with Gasteiger partial charge in [0, 0.05) is 25.2 Å². The van der Waals surface area contributed by atoms with Crippen LogP contribution >= 0.6 is 12.4 Å². The van der Waals surface area contributed by atoms with Crippen LogP contribution in [-0.4, -0.2) is 35.5 Å². The summed E-state index contributed by atoms with van der Waals surface area (Å²) in [6.07, 6.45) is 0.834. The number of para-hydroxylation sites is 1. The minimum Gasteiger partial charge on any atom is -0.399 e. The van der Waals surface area contributed by atoms with Gasteiger partial charge in [-0.25, -0.2) is 0 Å². The molecule has 1 aromatic heterocycles. The molecule has 0 saturated carbocycles. The molecule has 3 N–H and O–H groups in total. The van der Waals surface area contributed by atoms with E-state index < -0.39 is 0 Å². The number of hydrogen-bond acceptors (Lipinski definition) is 5. The monoisotopic (exact) mass is 352 g/mol. The summed E-state index contributed by atoms with van der Waals surface area (Å²) in [6.45, 7) is 1.68. The lowest BCUT2D eigenvalue weighted by atomic mass is 10.1. The first-order valence-corrected chi connectivity index (χ1v) is 7.26. The van der Waals surface area contributed by atoms with Gasteiger partial charge in [0.1, 0.15) is 5.76 Å². The van der Waals surface area contributed by atoms with Gasteiger partial charge in [0.15, 0.2) is 5.82 Å². The van der Waals surface area contributed by atoms with Gasteiger partial charge in [0.2, 0.25) is 11.8 Å². The molecule has 1 heterocycles. The van der Waals surface area contributed by atoms with Crippen LogP contribution in [0.4, 0.5) is 11.5 Å². The number of amides is 2. The number of aryl methyl sites for hydroxylation is 2. The number of nitrogens with one attached hydrogen (secondary N) is 1. The Bertz CT molecular complexity index is 702. The van der Waals surface area contributed by atoms with E-state index in [4.69, 9.17) is 10.3 Å². The molecule has 0 aliphatic carbocycles. The molecule has 8 heteroatoms. The van der Waals surface area contributed by atoms with Gasteiger partial charge in [-0.3, -0.25) is 9.59 Å². The molecule has 7 nitrogen and oxygen atoms in total. The first-order valence-electron chi connectivity index (χ1n) is 7.26. The zero-order chi connectivity index (χ0) is 16.8. The molecule has 0 radical (unpaired) electrons. The Morgan fingerprint density at radius 2 is 2.04 bits per heavy atom. The van der Waals surface area contributed by atoms with Crippen molar-refractivity contribution >= 4 is 35.7 Å². The maximum atomic E-state index is 12.1. The summed E-state index contributed by atoms with van der Waals surface area (Å²) in [5.41, 5.74) is 7.44. The number of nitrogens with zero attached hydrogens (tertiary/aromatic N) is 2. The van der Waals surface area contributed by atoms with E-state index in [0.29, 0.717) is 30.1 Å². The fraction of sp³-hybridized carbons (Fsp3) is 0.312. The van der Waals surface area contributed by atoms with Crippen LogP contribution < -0.4 is 11.1 Å². The molecule has 0 unspecified atom stereocenters. The minimum atomic E-state index is -0.326. The Morgan fingerprint density at radius 3 is 2.67 bits per heavy atom. The Kier molecular flexibility index (Phi) is 7.26. The normalized spacial score (nSPS) is 9.92. The van der Waals surface area contributed by atoms with Gasteiger partial charge in [0.05, 0.1) is 6.54 Å². The smallest absolute Gasteiger partial charge is 0.245 e. The number of aromatic nitrogens is 1. The summed E-state index contributed by atoms with van der Waals surface area (Å²) >= 11 is 0. The highest BCUT2D eigenvalue weighted by atomic mass is 35.5. The van der Waals surface area contributed by atoms with E-state index in [9.17, 15) is 9.59 Å². The van der Waals surface area contributed by atoms with E-state index in [1.807, 2.05) is 18.2 Å².